The van der Waals surface area contributed by atoms with Crippen molar-refractivity contribution in [3.8, 4) is 11.4 Å². The first-order valence-corrected chi connectivity index (χ1v) is 6.44. The molecule has 3 aromatic rings. The van der Waals surface area contributed by atoms with Gasteiger partial charge in [0.1, 0.15) is 17.6 Å². The molecular weight excluding hydrogens is 270 g/mol. The zero-order valence-corrected chi connectivity index (χ0v) is 11.1. The second kappa shape index (κ2) is 5.62. The number of furan rings is 1. The largest absolute Gasteiger partial charge is 0.480 e. The van der Waals surface area contributed by atoms with Crippen molar-refractivity contribution in [3.63, 3.8) is 0 Å². The molecule has 6 heteroatoms. The lowest BCUT2D eigenvalue weighted by atomic mass is 10.1. The Balaban J connectivity index is 1.98. The monoisotopic (exact) mass is 283 g/mol. The highest BCUT2D eigenvalue weighted by molar-refractivity contribution is 5.73. The SMILES string of the molecule is O=C(O)[C@@H](Cc1ccco1)n1ccnc1-c1cccnc1. The summed E-state index contributed by atoms with van der Waals surface area (Å²) in [6.07, 6.45) is 8.35. The van der Waals surface area contributed by atoms with Gasteiger partial charge < -0.3 is 14.1 Å². The van der Waals surface area contributed by atoms with Crippen molar-refractivity contribution in [2.45, 2.75) is 12.5 Å². The normalized spacial score (nSPS) is 12.2. The van der Waals surface area contributed by atoms with Crippen LogP contribution in [0, 0.1) is 0 Å². The smallest absolute Gasteiger partial charge is 0.327 e. The number of carbonyl (C=O) groups is 1. The van der Waals surface area contributed by atoms with Gasteiger partial charge in [0, 0.05) is 36.8 Å². The van der Waals surface area contributed by atoms with E-state index in [1.807, 2.05) is 6.07 Å². The molecule has 1 N–H and O–H groups in total. The Hall–Kier alpha value is -2.89. The van der Waals surface area contributed by atoms with E-state index in [0.29, 0.717) is 11.6 Å². The number of carboxylic acid groups (broad SMARTS) is 1. The molecule has 0 bridgehead atoms. The topological polar surface area (TPSA) is 81.1 Å². The van der Waals surface area contributed by atoms with Crippen molar-refractivity contribution in [1.82, 2.24) is 14.5 Å². The zero-order valence-electron chi connectivity index (χ0n) is 11.1. The molecule has 0 fully saturated rings. The van der Waals surface area contributed by atoms with Crippen LogP contribution >= 0.6 is 0 Å². The van der Waals surface area contributed by atoms with Gasteiger partial charge in [-0.25, -0.2) is 9.78 Å². The number of nitrogens with zero attached hydrogens (tertiary/aromatic N) is 3. The molecular formula is C15H13N3O3. The molecule has 0 aliphatic carbocycles. The first kappa shape index (κ1) is 13.1. The van der Waals surface area contributed by atoms with E-state index in [-0.39, 0.29) is 6.42 Å². The van der Waals surface area contributed by atoms with Crippen LogP contribution in [0.15, 0.2) is 59.7 Å². The molecule has 21 heavy (non-hydrogen) atoms. The molecule has 106 valence electrons. The van der Waals surface area contributed by atoms with E-state index in [1.165, 1.54) is 6.26 Å². The summed E-state index contributed by atoms with van der Waals surface area (Å²) in [5.41, 5.74) is 0.771. The molecule has 0 aromatic carbocycles. The Morgan fingerprint density at radius 1 is 1.33 bits per heavy atom. The first-order valence-electron chi connectivity index (χ1n) is 6.44. The second-order valence-corrected chi connectivity index (χ2v) is 4.54. The highest BCUT2D eigenvalue weighted by Crippen LogP contribution is 2.23. The van der Waals surface area contributed by atoms with Crippen molar-refractivity contribution in [3.05, 3.63) is 61.1 Å². The van der Waals surface area contributed by atoms with Gasteiger partial charge in [0.15, 0.2) is 0 Å². The fourth-order valence-electron chi connectivity index (χ4n) is 2.21. The van der Waals surface area contributed by atoms with E-state index in [1.54, 1.807) is 47.6 Å². The lowest BCUT2D eigenvalue weighted by Crippen LogP contribution is -2.21. The molecule has 0 saturated heterocycles. The summed E-state index contributed by atoms with van der Waals surface area (Å²) < 4.78 is 6.88. The Kier molecular flexibility index (Phi) is 3.51. The van der Waals surface area contributed by atoms with E-state index in [9.17, 15) is 9.90 Å². The van der Waals surface area contributed by atoms with Crippen molar-refractivity contribution in [2.24, 2.45) is 0 Å². The molecule has 0 spiro atoms. The van der Waals surface area contributed by atoms with Crippen LogP contribution in [-0.4, -0.2) is 25.6 Å². The number of hydrogen-bond donors (Lipinski definition) is 1. The van der Waals surface area contributed by atoms with Gasteiger partial charge in [0.2, 0.25) is 0 Å². The van der Waals surface area contributed by atoms with Crippen molar-refractivity contribution in [1.29, 1.82) is 0 Å². The lowest BCUT2D eigenvalue weighted by molar-refractivity contribution is -0.140. The summed E-state index contributed by atoms with van der Waals surface area (Å²) in [6, 6.07) is 6.35. The number of hydrogen-bond acceptors (Lipinski definition) is 4. The van der Waals surface area contributed by atoms with Crippen molar-refractivity contribution < 1.29 is 14.3 Å². The molecule has 0 saturated carbocycles. The van der Waals surface area contributed by atoms with Crippen molar-refractivity contribution in [2.75, 3.05) is 0 Å². The van der Waals surface area contributed by atoms with Crippen LogP contribution in [0.3, 0.4) is 0 Å². The highest BCUT2D eigenvalue weighted by Gasteiger charge is 2.24. The maximum Gasteiger partial charge on any atom is 0.327 e. The molecule has 6 nitrogen and oxygen atoms in total. The van der Waals surface area contributed by atoms with Crippen LogP contribution in [0.25, 0.3) is 11.4 Å². The van der Waals surface area contributed by atoms with E-state index in [2.05, 4.69) is 9.97 Å². The van der Waals surface area contributed by atoms with E-state index < -0.39 is 12.0 Å². The Morgan fingerprint density at radius 3 is 2.90 bits per heavy atom. The molecule has 1 atom stereocenters. The number of imidazole rings is 1. The number of pyridine rings is 1. The van der Waals surface area contributed by atoms with Crippen LogP contribution in [0.5, 0.6) is 0 Å². The van der Waals surface area contributed by atoms with Gasteiger partial charge in [-0.05, 0) is 24.3 Å². The van der Waals surface area contributed by atoms with Crippen LogP contribution in [0.1, 0.15) is 11.8 Å². The van der Waals surface area contributed by atoms with Crippen LogP contribution in [0.2, 0.25) is 0 Å². The molecule has 0 radical (unpaired) electrons. The van der Waals surface area contributed by atoms with Gasteiger partial charge in [0.05, 0.1) is 6.26 Å². The number of aromatic nitrogens is 3. The molecule has 3 heterocycles. The minimum absolute atomic E-state index is 0.256. The van der Waals surface area contributed by atoms with Gasteiger partial charge >= 0.3 is 5.97 Å². The third kappa shape index (κ3) is 2.69. The summed E-state index contributed by atoms with van der Waals surface area (Å²) in [6.45, 7) is 0. The van der Waals surface area contributed by atoms with Crippen LogP contribution < -0.4 is 0 Å². The second-order valence-electron chi connectivity index (χ2n) is 4.54. The fourth-order valence-corrected chi connectivity index (χ4v) is 2.21. The maximum atomic E-state index is 11.6. The van der Waals surface area contributed by atoms with Gasteiger partial charge in [-0.1, -0.05) is 0 Å². The predicted molar refractivity (Wildman–Crippen MR) is 74.5 cm³/mol. The average molecular weight is 283 g/mol. The third-order valence-electron chi connectivity index (χ3n) is 3.18. The number of aliphatic carboxylic acids is 1. The fraction of sp³-hybridized carbons (Fsp3) is 0.133. The highest BCUT2D eigenvalue weighted by atomic mass is 16.4. The number of rotatable bonds is 5. The Labute approximate surface area is 120 Å². The van der Waals surface area contributed by atoms with Crippen molar-refractivity contribution >= 4 is 5.97 Å². The summed E-state index contributed by atoms with van der Waals surface area (Å²) in [7, 11) is 0. The molecule has 3 rings (SSSR count). The van der Waals surface area contributed by atoms with Gasteiger partial charge in [0.25, 0.3) is 0 Å². The molecule has 3 aromatic heterocycles. The van der Waals surface area contributed by atoms with E-state index in [0.717, 1.165) is 5.56 Å². The van der Waals surface area contributed by atoms with E-state index in [4.69, 9.17) is 4.42 Å². The summed E-state index contributed by atoms with van der Waals surface area (Å²) in [5.74, 6) is 0.254. The van der Waals surface area contributed by atoms with Crippen LogP contribution in [0.4, 0.5) is 0 Å². The quantitative estimate of drug-likeness (QED) is 0.777. The zero-order chi connectivity index (χ0) is 14.7. The van der Waals surface area contributed by atoms with Gasteiger partial charge in [-0.2, -0.15) is 0 Å². The summed E-state index contributed by atoms with van der Waals surface area (Å²) in [5, 5.41) is 9.51. The molecule has 0 unspecified atom stereocenters. The maximum absolute atomic E-state index is 11.6. The standard InChI is InChI=1S/C15H13N3O3/c19-15(20)13(9-12-4-2-8-21-12)18-7-6-17-14(18)11-3-1-5-16-10-11/h1-8,10,13H,9H2,(H,19,20)/t13-/m1/s1. The van der Waals surface area contributed by atoms with Gasteiger partial charge in [-0.15, -0.1) is 0 Å². The number of carboxylic acids is 1. The summed E-state index contributed by atoms with van der Waals surface area (Å²) in [4.78, 5) is 19.9. The summed E-state index contributed by atoms with van der Waals surface area (Å²) >= 11 is 0. The first-order chi connectivity index (χ1) is 10.3. The van der Waals surface area contributed by atoms with Gasteiger partial charge in [-0.3, -0.25) is 4.98 Å². The minimum atomic E-state index is -0.936. The molecule has 0 aliphatic rings. The minimum Gasteiger partial charge on any atom is -0.480 e. The molecule has 0 amide bonds. The Bertz CT molecular complexity index is 720. The van der Waals surface area contributed by atoms with E-state index >= 15 is 0 Å². The molecule has 0 aliphatic heterocycles. The van der Waals surface area contributed by atoms with Crippen LogP contribution in [-0.2, 0) is 11.2 Å². The Morgan fingerprint density at radius 2 is 2.24 bits per heavy atom. The lowest BCUT2D eigenvalue weighted by Gasteiger charge is -2.15. The predicted octanol–water partition coefficient (Wildman–Crippen LogP) is 2.41. The third-order valence-corrected chi connectivity index (χ3v) is 3.18. The average Bonchev–Trinajstić information content (AvgIpc) is 3.17.